The summed E-state index contributed by atoms with van der Waals surface area (Å²) in [5, 5.41) is 0. The van der Waals surface area contributed by atoms with Crippen LogP contribution in [-0.4, -0.2) is 54.6 Å². The van der Waals surface area contributed by atoms with Crippen LogP contribution in [-0.2, 0) is 0 Å². The number of hydrogen-bond acceptors (Lipinski definition) is 4. The van der Waals surface area contributed by atoms with Crippen molar-refractivity contribution >= 4 is 17.3 Å². The van der Waals surface area contributed by atoms with E-state index in [1.165, 1.54) is 21.9 Å². The van der Waals surface area contributed by atoms with Crippen molar-refractivity contribution in [1.82, 2.24) is 9.80 Å². The number of piperazine rings is 1. The Kier molecular flexibility index (Phi) is 4.26. The molecule has 0 unspecified atom stereocenters. The van der Waals surface area contributed by atoms with Gasteiger partial charge >= 0.3 is 6.18 Å². The third kappa shape index (κ3) is 4.01. The summed E-state index contributed by atoms with van der Waals surface area (Å²) in [6, 6.07) is 4.60. The highest BCUT2D eigenvalue weighted by atomic mass is 19.4. The molecule has 0 atom stereocenters. The molecule has 0 spiro atoms. The number of rotatable bonds is 2. The first-order valence-electron chi connectivity index (χ1n) is 6.49. The van der Waals surface area contributed by atoms with Crippen LogP contribution < -0.4 is 11.5 Å². The quantitative estimate of drug-likeness (QED) is 0.804. The first kappa shape index (κ1) is 15.4. The van der Waals surface area contributed by atoms with Gasteiger partial charge in [0.15, 0.2) is 0 Å². The Bertz CT molecular complexity index is 525. The summed E-state index contributed by atoms with van der Waals surface area (Å²) in [5.41, 5.74) is 12.4. The smallest absolute Gasteiger partial charge is 0.399 e. The van der Waals surface area contributed by atoms with E-state index in [-0.39, 0.29) is 37.8 Å². The van der Waals surface area contributed by atoms with Crippen molar-refractivity contribution in [2.45, 2.75) is 6.18 Å². The molecule has 1 fully saturated rings. The fraction of sp³-hybridized carbons (Fsp3) is 0.462. The molecule has 1 amide bonds. The molecule has 8 heteroatoms. The van der Waals surface area contributed by atoms with Gasteiger partial charge in [-0.05, 0) is 18.2 Å². The van der Waals surface area contributed by atoms with Gasteiger partial charge in [0.1, 0.15) is 0 Å². The maximum absolute atomic E-state index is 12.3. The number of carbonyl (C=O) groups is 1. The van der Waals surface area contributed by atoms with Gasteiger partial charge in [0, 0.05) is 37.6 Å². The summed E-state index contributed by atoms with van der Waals surface area (Å²) < 4.78 is 36.9. The standard InChI is InChI=1S/C13H17F3N4O/c14-13(15,16)8-19-3-5-20(6-4-19)12(21)10-2-1-9(17)7-11(10)18/h1-2,7H,3-6,8,17-18H2. The van der Waals surface area contributed by atoms with Gasteiger partial charge in [-0.1, -0.05) is 0 Å². The van der Waals surface area contributed by atoms with Crippen LogP contribution in [0.3, 0.4) is 0 Å². The Labute approximate surface area is 120 Å². The second kappa shape index (κ2) is 5.80. The topological polar surface area (TPSA) is 75.6 Å². The molecule has 1 aromatic carbocycles. The van der Waals surface area contributed by atoms with Crippen molar-refractivity contribution in [2.75, 3.05) is 44.2 Å². The normalized spacial score (nSPS) is 17.0. The molecule has 1 saturated heterocycles. The minimum absolute atomic E-state index is 0.195. The number of benzene rings is 1. The Morgan fingerprint density at radius 2 is 1.76 bits per heavy atom. The molecule has 2 rings (SSSR count). The van der Waals surface area contributed by atoms with Crippen LogP contribution in [0.1, 0.15) is 10.4 Å². The van der Waals surface area contributed by atoms with Crippen LogP contribution in [0.25, 0.3) is 0 Å². The van der Waals surface area contributed by atoms with E-state index in [4.69, 9.17) is 11.5 Å². The highest BCUT2D eigenvalue weighted by Crippen LogP contribution is 2.20. The number of nitrogen functional groups attached to an aromatic ring is 2. The summed E-state index contributed by atoms with van der Waals surface area (Å²) in [7, 11) is 0. The maximum Gasteiger partial charge on any atom is 0.401 e. The summed E-state index contributed by atoms with van der Waals surface area (Å²) in [5.74, 6) is -0.279. The zero-order chi connectivity index (χ0) is 15.6. The van der Waals surface area contributed by atoms with Crippen molar-refractivity contribution in [1.29, 1.82) is 0 Å². The molecule has 0 bridgehead atoms. The fourth-order valence-electron chi connectivity index (χ4n) is 2.31. The number of amides is 1. The van der Waals surface area contributed by atoms with Crippen LogP contribution in [0.4, 0.5) is 24.5 Å². The van der Waals surface area contributed by atoms with Crippen molar-refractivity contribution in [3.05, 3.63) is 23.8 Å². The number of halogens is 3. The number of hydrogen-bond donors (Lipinski definition) is 2. The molecule has 21 heavy (non-hydrogen) atoms. The largest absolute Gasteiger partial charge is 0.401 e. The molecule has 1 aliphatic heterocycles. The first-order valence-corrected chi connectivity index (χ1v) is 6.49. The number of carbonyl (C=O) groups excluding carboxylic acids is 1. The van der Waals surface area contributed by atoms with Crippen LogP contribution in [0.2, 0.25) is 0 Å². The molecule has 5 nitrogen and oxygen atoms in total. The SMILES string of the molecule is Nc1ccc(C(=O)N2CCN(CC(F)(F)F)CC2)c(N)c1. The molecular formula is C13H17F3N4O. The number of nitrogens with two attached hydrogens (primary N) is 2. The summed E-state index contributed by atoms with van der Waals surface area (Å²) in [6.07, 6.45) is -4.21. The van der Waals surface area contributed by atoms with E-state index in [9.17, 15) is 18.0 Å². The van der Waals surface area contributed by atoms with Gasteiger partial charge in [0.2, 0.25) is 0 Å². The van der Waals surface area contributed by atoms with Gasteiger partial charge in [-0.2, -0.15) is 13.2 Å². The maximum atomic E-state index is 12.3. The zero-order valence-corrected chi connectivity index (χ0v) is 11.4. The van der Waals surface area contributed by atoms with Crippen LogP contribution in [0.5, 0.6) is 0 Å². The van der Waals surface area contributed by atoms with Gasteiger partial charge in [-0.15, -0.1) is 0 Å². The first-order chi connectivity index (χ1) is 9.76. The van der Waals surface area contributed by atoms with Crippen LogP contribution in [0.15, 0.2) is 18.2 Å². The summed E-state index contributed by atoms with van der Waals surface area (Å²) in [4.78, 5) is 15.1. The minimum atomic E-state index is -4.21. The van der Waals surface area contributed by atoms with Crippen molar-refractivity contribution < 1.29 is 18.0 Å². The molecule has 0 aliphatic carbocycles. The second-order valence-corrected chi connectivity index (χ2v) is 5.03. The fourth-order valence-corrected chi connectivity index (χ4v) is 2.31. The van der Waals surface area contributed by atoms with Crippen molar-refractivity contribution in [2.24, 2.45) is 0 Å². The van der Waals surface area contributed by atoms with E-state index in [1.54, 1.807) is 6.07 Å². The lowest BCUT2D eigenvalue weighted by Gasteiger charge is -2.35. The molecule has 1 heterocycles. The lowest BCUT2D eigenvalue weighted by atomic mass is 10.1. The Hall–Kier alpha value is -1.96. The molecule has 1 aromatic rings. The van der Waals surface area contributed by atoms with Crippen LogP contribution >= 0.6 is 0 Å². The van der Waals surface area contributed by atoms with Crippen molar-refractivity contribution in [3.63, 3.8) is 0 Å². The van der Waals surface area contributed by atoms with E-state index < -0.39 is 12.7 Å². The molecule has 116 valence electrons. The lowest BCUT2D eigenvalue weighted by Crippen LogP contribution is -2.51. The summed E-state index contributed by atoms with van der Waals surface area (Å²) in [6.45, 7) is -0.0588. The highest BCUT2D eigenvalue weighted by Gasteiger charge is 2.33. The van der Waals surface area contributed by atoms with Gasteiger partial charge in [0.25, 0.3) is 5.91 Å². The monoisotopic (exact) mass is 302 g/mol. The van der Waals surface area contributed by atoms with Gasteiger partial charge in [0.05, 0.1) is 12.1 Å². The van der Waals surface area contributed by atoms with Gasteiger partial charge < -0.3 is 16.4 Å². The molecule has 0 aromatic heterocycles. The Morgan fingerprint density at radius 3 is 2.29 bits per heavy atom. The van der Waals surface area contributed by atoms with Crippen molar-refractivity contribution in [3.8, 4) is 0 Å². The van der Waals surface area contributed by atoms with E-state index in [2.05, 4.69) is 0 Å². The Morgan fingerprint density at radius 1 is 1.14 bits per heavy atom. The zero-order valence-electron chi connectivity index (χ0n) is 11.4. The third-order valence-electron chi connectivity index (χ3n) is 3.37. The van der Waals surface area contributed by atoms with Gasteiger partial charge in [-0.3, -0.25) is 9.69 Å². The predicted octanol–water partition coefficient (Wildman–Crippen LogP) is 1.17. The highest BCUT2D eigenvalue weighted by molar-refractivity contribution is 5.99. The number of nitrogens with zero attached hydrogens (tertiary/aromatic N) is 2. The average Bonchev–Trinajstić information content (AvgIpc) is 2.37. The number of anilines is 2. The van der Waals surface area contributed by atoms with E-state index in [0.717, 1.165) is 0 Å². The second-order valence-electron chi connectivity index (χ2n) is 5.03. The molecule has 0 radical (unpaired) electrons. The van der Waals surface area contributed by atoms with Crippen LogP contribution in [0, 0.1) is 0 Å². The average molecular weight is 302 g/mol. The predicted molar refractivity (Wildman–Crippen MR) is 73.7 cm³/mol. The van der Waals surface area contributed by atoms with Gasteiger partial charge in [-0.25, -0.2) is 0 Å². The molecule has 1 aliphatic rings. The molecular weight excluding hydrogens is 285 g/mol. The van der Waals surface area contributed by atoms with E-state index in [0.29, 0.717) is 11.3 Å². The Balaban J connectivity index is 1.97. The number of alkyl halides is 3. The van der Waals surface area contributed by atoms with E-state index in [1.807, 2.05) is 0 Å². The lowest BCUT2D eigenvalue weighted by molar-refractivity contribution is -0.148. The third-order valence-corrected chi connectivity index (χ3v) is 3.37. The molecule has 4 N–H and O–H groups in total. The van der Waals surface area contributed by atoms with E-state index >= 15 is 0 Å². The molecule has 0 saturated carbocycles. The summed E-state index contributed by atoms with van der Waals surface area (Å²) >= 11 is 0. The minimum Gasteiger partial charge on any atom is -0.399 e.